The maximum atomic E-state index is 12.7. The first kappa shape index (κ1) is 23.1. The molecule has 0 radical (unpaired) electrons. The lowest BCUT2D eigenvalue weighted by molar-refractivity contribution is -0.134. The maximum absolute atomic E-state index is 12.7. The molecule has 168 valence electrons. The van der Waals surface area contributed by atoms with Crippen LogP contribution in [0.25, 0.3) is 0 Å². The molecule has 3 rings (SSSR count). The number of benzene rings is 2. The highest BCUT2D eigenvalue weighted by atomic mass is 32.2. The predicted octanol–water partition coefficient (Wildman–Crippen LogP) is 2.99. The van der Waals surface area contributed by atoms with Crippen molar-refractivity contribution in [1.29, 1.82) is 0 Å². The van der Waals surface area contributed by atoms with E-state index in [1.54, 1.807) is 23.1 Å². The first-order chi connectivity index (χ1) is 14.9. The Morgan fingerprint density at radius 2 is 1.81 bits per heavy atom. The number of rotatable bonds is 9. The van der Waals surface area contributed by atoms with Crippen LogP contribution in [-0.4, -0.2) is 52.1 Å². The molecule has 0 saturated carbocycles. The molecular weight excluding hydrogens is 416 g/mol. The van der Waals surface area contributed by atoms with Gasteiger partial charge in [-0.1, -0.05) is 18.2 Å². The van der Waals surface area contributed by atoms with Crippen molar-refractivity contribution in [2.45, 2.75) is 31.6 Å². The van der Waals surface area contributed by atoms with Crippen LogP contribution < -0.4 is 14.2 Å². The highest BCUT2D eigenvalue weighted by Gasteiger charge is 2.25. The highest BCUT2D eigenvalue weighted by molar-refractivity contribution is 7.89. The summed E-state index contributed by atoms with van der Waals surface area (Å²) in [6.45, 7) is 5.83. The number of sulfonamides is 1. The Labute approximate surface area is 184 Å². The SMILES string of the molecule is CCOc1ccc(S(=O)(=O)NCC2CCN(C(=O)COc3ccccc3)CC2)cc1C. The quantitative estimate of drug-likeness (QED) is 0.640. The van der Waals surface area contributed by atoms with Crippen LogP contribution in [0, 0.1) is 12.8 Å². The van der Waals surface area contributed by atoms with Gasteiger partial charge in [-0.05, 0) is 68.5 Å². The lowest BCUT2D eigenvalue weighted by Gasteiger charge is -2.32. The van der Waals surface area contributed by atoms with E-state index in [1.165, 1.54) is 0 Å². The number of hydrogen-bond acceptors (Lipinski definition) is 5. The van der Waals surface area contributed by atoms with Gasteiger partial charge in [0.1, 0.15) is 11.5 Å². The molecule has 8 heteroatoms. The second kappa shape index (κ2) is 10.6. The van der Waals surface area contributed by atoms with E-state index in [0.717, 1.165) is 18.4 Å². The number of hydrogen-bond donors (Lipinski definition) is 1. The summed E-state index contributed by atoms with van der Waals surface area (Å²) in [7, 11) is -3.59. The van der Waals surface area contributed by atoms with E-state index in [1.807, 2.05) is 44.2 Å². The van der Waals surface area contributed by atoms with Crippen LogP contribution in [0.15, 0.2) is 53.4 Å². The number of nitrogens with zero attached hydrogens (tertiary/aromatic N) is 1. The van der Waals surface area contributed by atoms with Gasteiger partial charge in [0.25, 0.3) is 5.91 Å². The Bertz CT molecular complexity index is 971. The summed E-state index contributed by atoms with van der Waals surface area (Å²) in [5, 5.41) is 0. The van der Waals surface area contributed by atoms with Gasteiger partial charge in [0, 0.05) is 19.6 Å². The van der Waals surface area contributed by atoms with Crippen molar-refractivity contribution in [3.05, 3.63) is 54.1 Å². The zero-order valence-corrected chi connectivity index (χ0v) is 18.9. The van der Waals surface area contributed by atoms with Crippen LogP contribution in [0.1, 0.15) is 25.3 Å². The molecule has 1 amide bonds. The van der Waals surface area contributed by atoms with Gasteiger partial charge in [-0.25, -0.2) is 13.1 Å². The summed E-state index contributed by atoms with van der Waals surface area (Å²) in [5.74, 6) is 1.50. The Morgan fingerprint density at radius 1 is 1.10 bits per heavy atom. The molecule has 1 N–H and O–H groups in total. The van der Waals surface area contributed by atoms with Crippen LogP contribution >= 0.6 is 0 Å². The number of para-hydroxylation sites is 1. The maximum Gasteiger partial charge on any atom is 0.260 e. The van der Waals surface area contributed by atoms with E-state index < -0.39 is 10.0 Å². The Balaban J connectivity index is 1.45. The van der Waals surface area contributed by atoms with Crippen molar-refractivity contribution in [2.75, 3.05) is 32.8 Å². The minimum atomic E-state index is -3.59. The molecule has 1 aliphatic rings. The fraction of sp³-hybridized carbons (Fsp3) is 0.435. The fourth-order valence-electron chi connectivity index (χ4n) is 3.56. The summed E-state index contributed by atoms with van der Waals surface area (Å²) in [4.78, 5) is 14.4. The van der Waals surface area contributed by atoms with Gasteiger partial charge >= 0.3 is 0 Å². The summed E-state index contributed by atoms with van der Waals surface area (Å²) >= 11 is 0. The molecule has 7 nitrogen and oxygen atoms in total. The first-order valence-electron chi connectivity index (χ1n) is 10.6. The molecule has 0 spiro atoms. The van der Waals surface area contributed by atoms with E-state index in [0.29, 0.717) is 37.7 Å². The molecule has 0 atom stereocenters. The van der Waals surface area contributed by atoms with Crippen molar-refractivity contribution in [1.82, 2.24) is 9.62 Å². The predicted molar refractivity (Wildman–Crippen MR) is 119 cm³/mol. The van der Waals surface area contributed by atoms with Crippen LogP contribution in [0.2, 0.25) is 0 Å². The van der Waals surface area contributed by atoms with Crippen molar-refractivity contribution in [3.63, 3.8) is 0 Å². The molecule has 0 bridgehead atoms. The van der Waals surface area contributed by atoms with Crippen molar-refractivity contribution >= 4 is 15.9 Å². The van der Waals surface area contributed by atoms with E-state index in [9.17, 15) is 13.2 Å². The highest BCUT2D eigenvalue weighted by Crippen LogP contribution is 2.23. The standard InChI is InChI=1S/C23H30N2O5S/c1-3-29-22-10-9-21(15-18(22)2)31(27,28)24-16-19-11-13-25(14-12-19)23(26)17-30-20-7-5-4-6-8-20/h4-10,15,19,24H,3,11-14,16-17H2,1-2H3. The van der Waals surface area contributed by atoms with Crippen LogP contribution in [0.3, 0.4) is 0 Å². The summed E-state index contributed by atoms with van der Waals surface area (Å²) in [6, 6.07) is 14.1. The average Bonchev–Trinajstić information content (AvgIpc) is 2.78. The minimum absolute atomic E-state index is 0.0123. The summed E-state index contributed by atoms with van der Waals surface area (Å²) in [5.41, 5.74) is 0.786. The smallest absolute Gasteiger partial charge is 0.260 e. The lowest BCUT2D eigenvalue weighted by Crippen LogP contribution is -2.43. The number of piperidine rings is 1. The number of likely N-dealkylation sites (tertiary alicyclic amines) is 1. The Hall–Kier alpha value is -2.58. The van der Waals surface area contributed by atoms with E-state index in [4.69, 9.17) is 9.47 Å². The molecule has 1 heterocycles. The van der Waals surface area contributed by atoms with E-state index >= 15 is 0 Å². The number of amides is 1. The van der Waals surface area contributed by atoms with E-state index in [2.05, 4.69) is 4.72 Å². The van der Waals surface area contributed by atoms with E-state index in [-0.39, 0.29) is 23.3 Å². The molecule has 0 unspecified atom stereocenters. The summed E-state index contributed by atoms with van der Waals surface area (Å²) < 4.78 is 39.0. The Kier molecular flexibility index (Phi) is 7.92. The molecule has 0 aromatic heterocycles. The molecule has 1 fully saturated rings. The number of aryl methyl sites for hydroxylation is 1. The number of ether oxygens (including phenoxy) is 2. The zero-order chi connectivity index (χ0) is 22.3. The Morgan fingerprint density at radius 3 is 2.45 bits per heavy atom. The summed E-state index contributed by atoms with van der Waals surface area (Å²) in [6.07, 6.45) is 1.50. The zero-order valence-electron chi connectivity index (χ0n) is 18.0. The van der Waals surface area contributed by atoms with Gasteiger partial charge in [-0.15, -0.1) is 0 Å². The second-order valence-electron chi connectivity index (χ2n) is 7.64. The fourth-order valence-corrected chi connectivity index (χ4v) is 4.76. The average molecular weight is 447 g/mol. The van der Waals surface area contributed by atoms with Crippen LogP contribution in [0.4, 0.5) is 0 Å². The molecule has 0 aliphatic carbocycles. The number of carbonyl (C=O) groups is 1. The number of nitrogens with one attached hydrogen (secondary N) is 1. The lowest BCUT2D eigenvalue weighted by atomic mass is 9.97. The van der Waals surface area contributed by atoms with Crippen LogP contribution in [0.5, 0.6) is 11.5 Å². The normalized spacial score (nSPS) is 15.0. The largest absolute Gasteiger partial charge is 0.494 e. The first-order valence-corrected chi connectivity index (χ1v) is 12.1. The second-order valence-corrected chi connectivity index (χ2v) is 9.41. The molecule has 1 saturated heterocycles. The number of carbonyl (C=O) groups excluding carboxylic acids is 1. The molecule has 31 heavy (non-hydrogen) atoms. The van der Waals surface area contributed by atoms with Crippen molar-refractivity contribution < 1.29 is 22.7 Å². The van der Waals surface area contributed by atoms with Gasteiger partial charge in [0.15, 0.2) is 6.61 Å². The third kappa shape index (κ3) is 6.45. The van der Waals surface area contributed by atoms with Gasteiger partial charge in [0.2, 0.25) is 10.0 Å². The molecule has 1 aliphatic heterocycles. The third-order valence-electron chi connectivity index (χ3n) is 5.39. The van der Waals surface area contributed by atoms with Gasteiger partial charge in [-0.2, -0.15) is 0 Å². The molecular formula is C23H30N2O5S. The topological polar surface area (TPSA) is 84.9 Å². The van der Waals surface area contributed by atoms with Gasteiger partial charge in [-0.3, -0.25) is 4.79 Å². The molecule has 2 aromatic rings. The monoisotopic (exact) mass is 446 g/mol. The van der Waals surface area contributed by atoms with Gasteiger partial charge in [0.05, 0.1) is 11.5 Å². The van der Waals surface area contributed by atoms with Crippen molar-refractivity contribution in [3.8, 4) is 11.5 Å². The molecule has 2 aromatic carbocycles. The minimum Gasteiger partial charge on any atom is -0.494 e. The van der Waals surface area contributed by atoms with Crippen LogP contribution in [-0.2, 0) is 14.8 Å². The van der Waals surface area contributed by atoms with Crippen molar-refractivity contribution in [2.24, 2.45) is 5.92 Å². The van der Waals surface area contributed by atoms with Gasteiger partial charge < -0.3 is 14.4 Å². The third-order valence-corrected chi connectivity index (χ3v) is 6.81.